The van der Waals surface area contributed by atoms with E-state index in [-0.39, 0.29) is 11.7 Å². The Bertz CT molecular complexity index is 449. The normalized spacial score (nSPS) is 12.7. The number of hydrogen-bond donors (Lipinski definition) is 1. The average molecular weight is 204 g/mol. The number of imidazole rings is 1. The number of benzene rings is 1. The predicted molar refractivity (Wildman–Crippen MR) is 57.2 cm³/mol. The van der Waals surface area contributed by atoms with Crippen molar-refractivity contribution >= 4 is 0 Å². The Hall–Kier alpha value is -1.64. The third kappa shape index (κ3) is 1.91. The van der Waals surface area contributed by atoms with Gasteiger partial charge in [-0.3, -0.25) is 0 Å². The number of halogens is 1. The number of H-pyrrole nitrogens is 1. The molecule has 0 radical (unpaired) electrons. The molecule has 2 nitrogen and oxygen atoms in total. The van der Waals surface area contributed by atoms with Gasteiger partial charge in [0.1, 0.15) is 11.6 Å². The zero-order chi connectivity index (χ0) is 10.8. The van der Waals surface area contributed by atoms with Crippen LogP contribution in [0.1, 0.15) is 29.8 Å². The van der Waals surface area contributed by atoms with Crippen LogP contribution in [0.5, 0.6) is 0 Å². The molecule has 0 spiro atoms. The van der Waals surface area contributed by atoms with Gasteiger partial charge in [-0.1, -0.05) is 24.6 Å². The van der Waals surface area contributed by atoms with E-state index in [1.54, 1.807) is 18.5 Å². The van der Waals surface area contributed by atoms with Gasteiger partial charge in [-0.25, -0.2) is 9.37 Å². The van der Waals surface area contributed by atoms with Crippen molar-refractivity contribution in [2.24, 2.45) is 0 Å². The maximum Gasteiger partial charge on any atom is 0.127 e. The minimum atomic E-state index is -0.176. The van der Waals surface area contributed by atoms with Crippen molar-refractivity contribution < 1.29 is 4.39 Å². The molecule has 2 rings (SSSR count). The summed E-state index contributed by atoms with van der Waals surface area (Å²) in [6.07, 6.45) is 3.43. The summed E-state index contributed by atoms with van der Waals surface area (Å²) in [5.41, 5.74) is 1.75. The Morgan fingerprint density at radius 1 is 1.40 bits per heavy atom. The van der Waals surface area contributed by atoms with Crippen LogP contribution in [-0.4, -0.2) is 9.97 Å². The number of nitrogens with one attached hydrogen (secondary N) is 1. The highest BCUT2D eigenvalue weighted by Crippen LogP contribution is 2.24. The van der Waals surface area contributed by atoms with Gasteiger partial charge in [0, 0.05) is 18.3 Å². The molecular weight excluding hydrogens is 191 g/mol. The van der Waals surface area contributed by atoms with Crippen LogP contribution in [-0.2, 0) is 0 Å². The zero-order valence-electron chi connectivity index (χ0n) is 8.79. The molecule has 2 aromatic rings. The Labute approximate surface area is 88.2 Å². The van der Waals surface area contributed by atoms with Gasteiger partial charge in [0.25, 0.3) is 0 Å². The van der Waals surface area contributed by atoms with Crippen LogP contribution >= 0.6 is 0 Å². The summed E-state index contributed by atoms with van der Waals surface area (Å²) in [5.74, 6) is 0.573. The molecular formula is C12H13FN2. The summed E-state index contributed by atoms with van der Waals surface area (Å²) in [4.78, 5) is 7.15. The Morgan fingerprint density at radius 3 is 2.87 bits per heavy atom. The lowest BCUT2D eigenvalue weighted by Crippen LogP contribution is -2.01. The van der Waals surface area contributed by atoms with E-state index >= 15 is 0 Å². The average Bonchev–Trinajstić information content (AvgIpc) is 2.74. The van der Waals surface area contributed by atoms with Crippen molar-refractivity contribution in [2.45, 2.75) is 19.8 Å². The number of aromatic nitrogens is 2. The van der Waals surface area contributed by atoms with Crippen molar-refractivity contribution in [1.82, 2.24) is 9.97 Å². The molecule has 1 heterocycles. The fraction of sp³-hybridized carbons (Fsp3) is 0.250. The second kappa shape index (κ2) is 3.85. The molecule has 1 atom stereocenters. The van der Waals surface area contributed by atoms with Gasteiger partial charge in [0.15, 0.2) is 0 Å². The Balaban J connectivity index is 2.41. The van der Waals surface area contributed by atoms with Gasteiger partial charge in [0.05, 0.1) is 0 Å². The first-order valence-corrected chi connectivity index (χ1v) is 4.94. The van der Waals surface area contributed by atoms with Crippen molar-refractivity contribution in [3.8, 4) is 0 Å². The van der Waals surface area contributed by atoms with E-state index < -0.39 is 0 Å². The lowest BCUT2D eigenvalue weighted by molar-refractivity contribution is 0.598. The molecule has 0 bridgehead atoms. The van der Waals surface area contributed by atoms with E-state index in [1.807, 2.05) is 19.9 Å². The Morgan fingerprint density at radius 2 is 2.20 bits per heavy atom. The minimum Gasteiger partial charge on any atom is -0.348 e. The van der Waals surface area contributed by atoms with Gasteiger partial charge in [-0.15, -0.1) is 0 Å². The number of nitrogens with zero attached hydrogens (tertiary/aromatic N) is 1. The summed E-state index contributed by atoms with van der Waals surface area (Å²) in [6.45, 7) is 3.90. The summed E-state index contributed by atoms with van der Waals surface area (Å²) in [7, 11) is 0. The first-order chi connectivity index (χ1) is 7.18. The molecule has 0 aliphatic heterocycles. The van der Waals surface area contributed by atoms with Crippen LogP contribution in [0.2, 0.25) is 0 Å². The molecule has 1 unspecified atom stereocenters. The van der Waals surface area contributed by atoms with E-state index in [0.29, 0.717) is 5.56 Å². The van der Waals surface area contributed by atoms with Crippen LogP contribution in [0.15, 0.2) is 30.6 Å². The second-order valence-electron chi connectivity index (χ2n) is 3.72. The molecule has 3 heteroatoms. The van der Waals surface area contributed by atoms with Gasteiger partial charge in [-0.05, 0) is 18.6 Å². The molecule has 0 saturated heterocycles. The molecule has 0 saturated carbocycles. The fourth-order valence-electron chi connectivity index (χ4n) is 1.66. The molecule has 0 aliphatic carbocycles. The van der Waals surface area contributed by atoms with Crippen molar-refractivity contribution in [1.29, 1.82) is 0 Å². The third-order valence-corrected chi connectivity index (χ3v) is 2.55. The molecule has 15 heavy (non-hydrogen) atoms. The van der Waals surface area contributed by atoms with Gasteiger partial charge >= 0.3 is 0 Å². The van der Waals surface area contributed by atoms with E-state index in [1.165, 1.54) is 6.07 Å². The number of aryl methyl sites for hydroxylation is 1. The highest BCUT2D eigenvalue weighted by Gasteiger charge is 2.14. The van der Waals surface area contributed by atoms with E-state index in [2.05, 4.69) is 9.97 Å². The summed E-state index contributed by atoms with van der Waals surface area (Å²) < 4.78 is 13.6. The van der Waals surface area contributed by atoms with Crippen molar-refractivity contribution in [3.05, 3.63) is 53.4 Å². The molecule has 1 N–H and O–H groups in total. The summed E-state index contributed by atoms with van der Waals surface area (Å²) >= 11 is 0. The number of rotatable bonds is 2. The fourth-order valence-corrected chi connectivity index (χ4v) is 1.66. The van der Waals surface area contributed by atoms with E-state index in [4.69, 9.17) is 0 Å². The molecule has 0 amide bonds. The topological polar surface area (TPSA) is 28.7 Å². The lowest BCUT2D eigenvalue weighted by atomic mass is 9.98. The van der Waals surface area contributed by atoms with Crippen LogP contribution in [0, 0.1) is 12.7 Å². The van der Waals surface area contributed by atoms with Crippen LogP contribution in [0.3, 0.4) is 0 Å². The van der Waals surface area contributed by atoms with Crippen molar-refractivity contribution in [2.75, 3.05) is 0 Å². The van der Waals surface area contributed by atoms with Gasteiger partial charge in [-0.2, -0.15) is 0 Å². The van der Waals surface area contributed by atoms with Crippen LogP contribution < -0.4 is 0 Å². The minimum absolute atomic E-state index is 0.0418. The van der Waals surface area contributed by atoms with Gasteiger partial charge in [0.2, 0.25) is 0 Å². The maximum atomic E-state index is 13.6. The predicted octanol–water partition coefficient (Wildman–Crippen LogP) is 3.01. The molecule has 0 aliphatic rings. The Kier molecular flexibility index (Phi) is 2.54. The first kappa shape index (κ1) is 9.90. The molecule has 78 valence electrons. The monoisotopic (exact) mass is 204 g/mol. The van der Waals surface area contributed by atoms with E-state index in [9.17, 15) is 4.39 Å². The second-order valence-corrected chi connectivity index (χ2v) is 3.72. The zero-order valence-corrected chi connectivity index (χ0v) is 8.79. The van der Waals surface area contributed by atoms with Crippen LogP contribution in [0.25, 0.3) is 0 Å². The quantitative estimate of drug-likeness (QED) is 0.800. The first-order valence-electron chi connectivity index (χ1n) is 4.94. The van der Waals surface area contributed by atoms with E-state index in [0.717, 1.165) is 11.4 Å². The van der Waals surface area contributed by atoms with Gasteiger partial charge < -0.3 is 4.98 Å². The standard InChI is InChI=1S/C12H13FN2/c1-8-3-4-11(13)10(7-8)9(2)12-14-5-6-15-12/h3-7,9H,1-2H3,(H,14,15). The highest BCUT2D eigenvalue weighted by atomic mass is 19.1. The summed E-state index contributed by atoms with van der Waals surface area (Å²) in [5, 5.41) is 0. The SMILES string of the molecule is Cc1ccc(F)c(C(C)c2ncc[nH]2)c1. The number of aromatic amines is 1. The smallest absolute Gasteiger partial charge is 0.127 e. The van der Waals surface area contributed by atoms with Crippen LogP contribution in [0.4, 0.5) is 4.39 Å². The maximum absolute atomic E-state index is 13.6. The summed E-state index contributed by atoms with van der Waals surface area (Å²) in [6, 6.07) is 5.14. The largest absolute Gasteiger partial charge is 0.348 e. The third-order valence-electron chi connectivity index (χ3n) is 2.55. The lowest BCUT2D eigenvalue weighted by Gasteiger charge is -2.10. The molecule has 0 fully saturated rings. The van der Waals surface area contributed by atoms with Crippen molar-refractivity contribution in [3.63, 3.8) is 0 Å². The molecule has 1 aromatic carbocycles. The number of hydrogen-bond acceptors (Lipinski definition) is 1. The molecule has 1 aromatic heterocycles. The highest BCUT2D eigenvalue weighted by molar-refractivity contribution is 5.30.